The topological polar surface area (TPSA) is 0 Å². The van der Waals surface area contributed by atoms with Crippen molar-refractivity contribution in [2.24, 2.45) is 0 Å². The molecule has 4 aromatic rings. The summed E-state index contributed by atoms with van der Waals surface area (Å²) in [6.45, 7) is 35.4. The smallest absolute Gasteiger partial charge is 0.0628 e. The van der Waals surface area contributed by atoms with Crippen molar-refractivity contribution in [2.45, 2.75) is 103 Å². The van der Waals surface area contributed by atoms with E-state index in [0.29, 0.717) is 0 Å². The Morgan fingerprint density at radius 3 is 0.694 bits per heavy atom. The maximum absolute atomic E-state index is 2.55. The first-order chi connectivity index (χ1) is 16.7. The molecule has 0 saturated heterocycles. The molecule has 0 N–H and O–H groups in total. The molecule has 0 aliphatic rings. The number of rotatable bonds is 2. The van der Waals surface area contributed by atoms with Gasteiger partial charge >= 0.3 is 0 Å². The van der Waals surface area contributed by atoms with E-state index in [2.05, 4.69) is 103 Å². The molecule has 0 aromatic heterocycles. The first-order valence-electron chi connectivity index (χ1n) is 13.5. The maximum Gasteiger partial charge on any atom is 0.119 e. The van der Waals surface area contributed by atoms with Crippen molar-refractivity contribution >= 4 is 40.7 Å². The summed E-state index contributed by atoms with van der Waals surface area (Å²) >= 11 is 0. The molecule has 0 amide bonds. The van der Waals surface area contributed by atoms with Crippen LogP contribution in [0.4, 0.5) is 0 Å². The number of aryl methyl sites for hydroxylation is 8. The first kappa shape index (κ1) is 26.7. The van der Waals surface area contributed by atoms with E-state index < -0.39 is 8.80 Å². The lowest BCUT2D eigenvalue weighted by Gasteiger charge is -2.29. The summed E-state index contributed by atoms with van der Waals surface area (Å²) in [6.07, 6.45) is 0. The molecule has 36 heavy (non-hydrogen) atoms. The van der Waals surface area contributed by atoms with E-state index in [-0.39, 0.29) is 0 Å². The van der Waals surface area contributed by atoms with Crippen LogP contribution in [-0.4, -0.2) is 8.80 Å². The SMILES string of the molecule is Cc1c(C)c(C)c2c(C)c([Si](C)c3c(C)c(C)c4c(C)c(C)c(C)c(C)c4c3C)c(C)c(C)c2c1C. The van der Waals surface area contributed by atoms with Gasteiger partial charge in [-0.15, -0.1) is 0 Å². The lowest BCUT2D eigenvalue weighted by molar-refractivity contribution is 1.23. The van der Waals surface area contributed by atoms with Gasteiger partial charge in [0.05, 0.1) is 0 Å². The third kappa shape index (κ3) is 3.38. The van der Waals surface area contributed by atoms with Crippen LogP contribution >= 0.6 is 0 Å². The van der Waals surface area contributed by atoms with Gasteiger partial charge in [-0.1, -0.05) is 6.55 Å². The van der Waals surface area contributed by atoms with Crippen LogP contribution in [0.15, 0.2) is 0 Å². The Kier molecular flexibility index (Phi) is 6.57. The molecule has 0 aliphatic carbocycles. The van der Waals surface area contributed by atoms with Gasteiger partial charge in [0, 0.05) is 0 Å². The third-order valence-electron chi connectivity index (χ3n) is 10.2. The Bertz CT molecular complexity index is 1490. The second kappa shape index (κ2) is 8.87. The minimum atomic E-state index is -0.994. The normalized spacial score (nSPS) is 12.0. The summed E-state index contributed by atoms with van der Waals surface area (Å²) in [5, 5.41) is 9.24. The number of hydrogen-bond donors (Lipinski definition) is 0. The van der Waals surface area contributed by atoms with Gasteiger partial charge in [0.15, 0.2) is 0 Å². The Hall–Kier alpha value is -2.38. The predicted molar refractivity (Wildman–Crippen MR) is 165 cm³/mol. The molecule has 189 valence electrons. The molecule has 4 rings (SSSR count). The Labute approximate surface area is 221 Å². The van der Waals surface area contributed by atoms with Crippen molar-refractivity contribution < 1.29 is 0 Å². The van der Waals surface area contributed by atoms with Gasteiger partial charge in [-0.05, 0) is 207 Å². The minimum absolute atomic E-state index is 0.994. The van der Waals surface area contributed by atoms with Crippen molar-refractivity contribution in [3.05, 3.63) is 77.9 Å². The van der Waals surface area contributed by atoms with Crippen LogP contribution in [0.3, 0.4) is 0 Å². The quantitative estimate of drug-likeness (QED) is 0.245. The summed E-state index contributed by atoms with van der Waals surface area (Å²) in [5.41, 5.74) is 20.6. The summed E-state index contributed by atoms with van der Waals surface area (Å²) in [4.78, 5) is 0. The molecule has 0 fully saturated rings. The lowest BCUT2D eigenvalue weighted by atomic mass is 9.85. The highest BCUT2D eigenvalue weighted by Gasteiger charge is 2.27. The zero-order valence-electron chi connectivity index (χ0n) is 25.5. The Balaban J connectivity index is 2.17. The van der Waals surface area contributed by atoms with Crippen LogP contribution < -0.4 is 10.4 Å². The molecule has 1 radical (unpaired) electrons. The zero-order valence-corrected chi connectivity index (χ0v) is 26.5. The molecule has 0 saturated carbocycles. The van der Waals surface area contributed by atoms with Crippen molar-refractivity contribution in [1.82, 2.24) is 0 Å². The molecule has 0 aliphatic heterocycles. The van der Waals surface area contributed by atoms with Gasteiger partial charge in [0.25, 0.3) is 0 Å². The molecule has 4 aromatic carbocycles. The molecule has 0 atom stereocenters. The molecule has 1 heteroatoms. The van der Waals surface area contributed by atoms with E-state index in [1.807, 2.05) is 0 Å². The van der Waals surface area contributed by atoms with E-state index in [9.17, 15) is 0 Å². The highest BCUT2D eigenvalue weighted by Crippen LogP contribution is 2.37. The van der Waals surface area contributed by atoms with Crippen molar-refractivity contribution in [3.8, 4) is 0 Å². The first-order valence-corrected chi connectivity index (χ1v) is 15.5. The maximum atomic E-state index is 2.55. The monoisotopic (exact) mass is 493 g/mol. The third-order valence-corrected chi connectivity index (χ3v) is 13.2. The second-order valence-corrected chi connectivity index (χ2v) is 13.9. The Morgan fingerprint density at radius 1 is 0.250 bits per heavy atom. The summed E-state index contributed by atoms with van der Waals surface area (Å²) < 4.78 is 0. The van der Waals surface area contributed by atoms with Gasteiger partial charge < -0.3 is 0 Å². The van der Waals surface area contributed by atoms with Crippen LogP contribution in [0.2, 0.25) is 6.55 Å². The average molecular weight is 494 g/mol. The molecule has 0 spiro atoms. The zero-order chi connectivity index (χ0) is 27.1. The highest BCUT2D eigenvalue weighted by molar-refractivity contribution is 6.86. The van der Waals surface area contributed by atoms with Crippen molar-refractivity contribution in [1.29, 1.82) is 0 Å². The minimum Gasteiger partial charge on any atom is -0.0628 e. The molecule has 0 nitrogen and oxygen atoms in total. The standard InChI is InChI=1S/C35H45Si/c1-16-18(3)22(7)32-28(13)34(26(11)24(9)30(32)20(16)5)36(15)35-27(12)25(10)31-21(6)17(2)19(4)23(8)33(31)29(35)14/h1-15H3. The molecule has 0 heterocycles. The molecular weight excluding hydrogens is 448 g/mol. The van der Waals surface area contributed by atoms with Gasteiger partial charge in [-0.25, -0.2) is 0 Å². The van der Waals surface area contributed by atoms with E-state index >= 15 is 0 Å². The van der Waals surface area contributed by atoms with Crippen LogP contribution in [-0.2, 0) is 0 Å². The fourth-order valence-electron chi connectivity index (χ4n) is 7.31. The fourth-order valence-corrected chi connectivity index (χ4v) is 10.4. The van der Waals surface area contributed by atoms with Crippen LogP contribution in [0.25, 0.3) is 21.5 Å². The van der Waals surface area contributed by atoms with E-state index in [1.165, 1.54) is 99.4 Å². The van der Waals surface area contributed by atoms with E-state index in [0.717, 1.165) is 0 Å². The number of hydrogen-bond acceptors (Lipinski definition) is 0. The van der Waals surface area contributed by atoms with Gasteiger partial charge in [-0.3, -0.25) is 0 Å². The van der Waals surface area contributed by atoms with Gasteiger partial charge in [0.2, 0.25) is 0 Å². The van der Waals surface area contributed by atoms with Crippen molar-refractivity contribution in [3.63, 3.8) is 0 Å². The summed E-state index contributed by atoms with van der Waals surface area (Å²) in [7, 11) is -0.994. The fraction of sp³-hybridized carbons (Fsp3) is 0.429. The summed E-state index contributed by atoms with van der Waals surface area (Å²) in [6, 6.07) is 0. The van der Waals surface area contributed by atoms with Crippen molar-refractivity contribution in [2.75, 3.05) is 0 Å². The van der Waals surface area contributed by atoms with Crippen LogP contribution in [0.1, 0.15) is 77.9 Å². The van der Waals surface area contributed by atoms with Crippen LogP contribution in [0, 0.1) is 96.9 Å². The largest absolute Gasteiger partial charge is 0.119 e. The summed E-state index contributed by atoms with van der Waals surface area (Å²) in [5.74, 6) is 0. The van der Waals surface area contributed by atoms with Crippen LogP contribution in [0.5, 0.6) is 0 Å². The Morgan fingerprint density at radius 2 is 0.444 bits per heavy atom. The van der Waals surface area contributed by atoms with Gasteiger partial charge in [0.1, 0.15) is 8.80 Å². The van der Waals surface area contributed by atoms with E-state index in [4.69, 9.17) is 0 Å². The molecular formula is C35H45Si. The van der Waals surface area contributed by atoms with Gasteiger partial charge in [-0.2, -0.15) is 0 Å². The van der Waals surface area contributed by atoms with E-state index in [1.54, 1.807) is 10.4 Å². The lowest BCUT2D eigenvalue weighted by Crippen LogP contribution is -2.46. The highest BCUT2D eigenvalue weighted by atomic mass is 28.3. The number of fused-ring (bicyclic) bond motifs is 2. The average Bonchev–Trinajstić information content (AvgIpc) is 2.83. The predicted octanol–water partition coefficient (Wildman–Crippen LogP) is 8.55. The molecule has 0 bridgehead atoms. The second-order valence-electron chi connectivity index (χ2n) is 11.6. The molecule has 0 unspecified atom stereocenters. The number of benzene rings is 4.